The van der Waals surface area contributed by atoms with Crippen molar-refractivity contribution in [3.05, 3.63) is 48.0 Å². The molecule has 1 aliphatic heterocycles. The van der Waals surface area contributed by atoms with Gasteiger partial charge < -0.3 is 4.74 Å². The van der Waals surface area contributed by atoms with Crippen LogP contribution in [-0.4, -0.2) is 30.1 Å². The van der Waals surface area contributed by atoms with Crippen molar-refractivity contribution in [2.24, 2.45) is 0 Å². The molecular weight excluding hydrogens is 242 g/mol. The first-order chi connectivity index (χ1) is 9.25. The second kappa shape index (κ2) is 4.72. The van der Waals surface area contributed by atoms with E-state index >= 15 is 0 Å². The van der Waals surface area contributed by atoms with E-state index in [2.05, 4.69) is 0 Å². The first kappa shape index (κ1) is 11.7. The maximum absolute atomic E-state index is 12.1. The summed E-state index contributed by atoms with van der Waals surface area (Å²) in [5.41, 5.74) is 0.933. The van der Waals surface area contributed by atoms with Gasteiger partial charge >= 0.3 is 6.09 Å². The molecule has 4 nitrogen and oxygen atoms in total. The van der Waals surface area contributed by atoms with Crippen molar-refractivity contribution in [2.45, 2.75) is 6.42 Å². The molecule has 0 atom stereocenters. The van der Waals surface area contributed by atoms with Gasteiger partial charge in [-0.25, -0.2) is 9.69 Å². The molecule has 1 aliphatic rings. The average molecular weight is 255 g/mol. The molecule has 0 unspecified atom stereocenters. The zero-order valence-electron chi connectivity index (χ0n) is 10.3. The molecule has 0 aromatic heterocycles. The Kier molecular flexibility index (Phi) is 2.91. The number of hydrogen-bond acceptors (Lipinski definition) is 3. The van der Waals surface area contributed by atoms with Crippen molar-refractivity contribution in [2.75, 3.05) is 13.2 Å². The van der Waals surface area contributed by atoms with Crippen LogP contribution in [0.2, 0.25) is 0 Å². The normalized spacial score (nSPS) is 14.7. The van der Waals surface area contributed by atoms with E-state index in [9.17, 15) is 9.59 Å². The van der Waals surface area contributed by atoms with E-state index in [0.29, 0.717) is 13.2 Å². The zero-order valence-corrected chi connectivity index (χ0v) is 10.3. The van der Waals surface area contributed by atoms with Gasteiger partial charge in [0.15, 0.2) is 0 Å². The third-order valence-electron chi connectivity index (χ3n) is 3.28. The monoisotopic (exact) mass is 255 g/mol. The number of ether oxygens (including phenoxy) is 1. The summed E-state index contributed by atoms with van der Waals surface area (Å²) in [6.45, 7) is 0.641. The molecule has 0 N–H and O–H groups in total. The second-order valence-electron chi connectivity index (χ2n) is 4.47. The van der Waals surface area contributed by atoms with E-state index in [1.54, 1.807) is 0 Å². The maximum Gasteiger partial charge on any atom is 0.416 e. The topological polar surface area (TPSA) is 46.6 Å². The van der Waals surface area contributed by atoms with Gasteiger partial charge in [-0.1, -0.05) is 42.5 Å². The highest BCUT2D eigenvalue weighted by Gasteiger charge is 2.28. The smallest absolute Gasteiger partial charge is 0.416 e. The van der Waals surface area contributed by atoms with Crippen molar-refractivity contribution in [3.63, 3.8) is 0 Å². The van der Waals surface area contributed by atoms with Crippen LogP contribution < -0.4 is 0 Å². The minimum atomic E-state index is -0.537. The molecule has 0 spiro atoms. The van der Waals surface area contributed by atoms with Crippen LogP contribution in [0.5, 0.6) is 0 Å². The minimum absolute atomic E-state index is 0.209. The molecule has 19 heavy (non-hydrogen) atoms. The van der Waals surface area contributed by atoms with Gasteiger partial charge in [0.1, 0.15) is 6.61 Å². The summed E-state index contributed by atoms with van der Waals surface area (Å²) < 4.78 is 4.78. The van der Waals surface area contributed by atoms with Crippen LogP contribution in [0.3, 0.4) is 0 Å². The summed E-state index contributed by atoms with van der Waals surface area (Å²) in [5, 5.41) is 2.14. The van der Waals surface area contributed by atoms with Crippen LogP contribution >= 0.6 is 0 Å². The van der Waals surface area contributed by atoms with E-state index in [-0.39, 0.29) is 12.3 Å². The lowest BCUT2D eigenvalue weighted by atomic mass is 10.0. The molecule has 0 saturated carbocycles. The quantitative estimate of drug-likeness (QED) is 0.827. The molecule has 0 bridgehead atoms. The average Bonchev–Trinajstić information content (AvgIpc) is 2.85. The number of carbonyl (C=O) groups excluding carboxylic acids is 2. The van der Waals surface area contributed by atoms with Gasteiger partial charge in [-0.3, -0.25) is 4.79 Å². The number of cyclic esters (lactones) is 1. The Morgan fingerprint density at radius 1 is 1.16 bits per heavy atom. The molecule has 96 valence electrons. The summed E-state index contributed by atoms with van der Waals surface area (Å²) in [7, 11) is 0. The molecule has 3 rings (SSSR count). The molecule has 2 amide bonds. The first-order valence-electron chi connectivity index (χ1n) is 6.19. The van der Waals surface area contributed by atoms with Gasteiger partial charge in [0.05, 0.1) is 13.0 Å². The molecule has 0 radical (unpaired) electrons. The maximum atomic E-state index is 12.1. The number of nitrogens with zero attached hydrogens (tertiary/aromatic N) is 1. The Hall–Kier alpha value is -2.36. The number of carbonyl (C=O) groups is 2. The molecule has 1 heterocycles. The van der Waals surface area contributed by atoms with Crippen molar-refractivity contribution in [1.82, 2.24) is 4.90 Å². The fourth-order valence-corrected chi connectivity index (χ4v) is 2.32. The molecular formula is C15H13NO3. The number of benzene rings is 2. The summed E-state index contributed by atoms with van der Waals surface area (Å²) in [4.78, 5) is 24.6. The molecule has 0 aliphatic carbocycles. The number of hydrogen-bond donors (Lipinski definition) is 0. The van der Waals surface area contributed by atoms with Crippen molar-refractivity contribution in [3.8, 4) is 0 Å². The van der Waals surface area contributed by atoms with Crippen molar-refractivity contribution >= 4 is 22.8 Å². The summed E-state index contributed by atoms with van der Waals surface area (Å²) >= 11 is 0. The number of amides is 2. The molecule has 4 heteroatoms. The lowest BCUT2D eigenvalue weighted by Crippen LogP contribution is -2.32. The zero-order chi connectivity index (χ0) is 13.2. The van der Waals surface area contributed by atoms with Crippen molar-refractivity contribution in [1.29, 1.82) is 0 Å². The van der Waals surface area contributed by atoms with Crippen molar-refractivity contribution < 1.29 is 14.3 Å². The number of fused-ring (bicyclic) bond motifs is 1. The minimum Gasteiger partial charge on any atom is -0.447 e. The van der Waals surface area contributed by atoms with Crippen LogP contribution in [0.4, 0.5) is 4.79 Å². The highest BCUT2D eigenvalue weighted by Crippen LogP contribution is 2.20. The van der Waals surface area contributed by atoms with Gasteiger partial charge in [-0.2, -0.15) is 0 Å². The van der Waals surface area contributed by atoms with E-state index in [1.165, 1.54) is 4.90 Å². The SMILES string of the molecule is O=C(Cc1cccc2ccccc12)N1CCOC1=O. The fraction of sp³-hybridized carbons (Fsp3) is 0.200. The van der Waals surface area contributed by atoms with E-state index in [4.69, 9.17) is 4.74 Å². The largest absolute Gasteiger partial charge is 0.447 e. The lowest BCUT2D eigenvalue weighted by Gasteiger charge is -2.11. The van der Waals surface area contributed by atoms with Gasteiger partial charge in [0.2, 0.25) is 5.91 Å². The second-order valence-corrected chi connectivity index (χ2v) is 4.47. The highest BCUT2D eigenvalue weighted by molar-refractivity contribution is 5.96. The highest BCUT2D eigenvalue weighted by atomic mass is 16.6. The molecule has 2 aromatic rings. The Labute approximate surface area is 110 Å². The van der Waals surface area contributed by atoms with Crippen LogP contribution in [-0.2, 0) is 16.0 Å². The van der Waals surface area contributed by atoms with Gasteiger partial charge in [-0.15, -0.1) is 0 Å². The first-order valence-corrected chi connectivity index (χ1v) is 6.19. The van der Waals surface area contributed by atoms with Gasteiger partial charge in [0.25, 0.3) is 0 Å². The lowest BCUT2D eigenvalue weighted by molar-refractivity contribution is -0.127. The third kappa shape index (κ3) is 2.17. The van der Waals surface area contributed by atoms with E-state index < -0.39 is 6.09 Å². The standard InChI is InChI=1S/C15H13NO3/c17-14(16-8-9-19-15(16)18)10-12-6-3-5-11-4-1-2-7-13(11)12/h1-7H,8-10H2. The number of imide groups is 1. The number of rotatable bonds is 2. The summed E-state index contributed by atoms with van der Waals surface area (Å²) in [6, 6.07) is 13.8. The predicted octanol–water partition coefficient (Wildman–Crippen LogP) is 2.36. The van der Waals surface area contributed by atoms with Crippen LogP contribution in [0, 0.1) is 0 Å². The van der Waals surface area contributed by atoms with Gasteiger partial charge in [0, 0.05) is 0 Å². The Morgan fingerprint density at radius 3 is 2.74 bits per heavy atom. The van der Waals surface area contributed by atoms with E-state index in [0.717, 1.165) is 16.3 Å². The predicted molar refractivity (Wildman–Crippen MR) is 70.7 cm³/mol. The van der Waals surface area contributed by atoms with Crippen LogP contribution in [0.1, 0.15) is 5.56 Å². The molecule has 1 fully saturated rings. The Bertz CT molecular complexity index is 645. The molecule has 2 aromatic carbocycles. The summed E-state index contributed by atoms with van der Waals surface area (Å²) in [6.07, 6.45) is -0.318. The van der Waals surface area contributed by atoms with E-state index in [1.807, 2.05) is 42.5 Å². The fourth-order valence-electron chi connectivity index (χ4n) is 2.32. The Morgan fingerprint density at radius 2 is 1.95 bits per heavy atom. The Balaban J connectivity index is 1.89. The third-order valence-corrected chi connectivity index (χ3v) is 3.28. The van der Waals surface area contributed by atoms with Crippen LogP contribution in [0.15, 0.2) is 42.5 Å². The van der Waals surface area contributed by atoms with Crippen LogP contribution in [0.25, 0.3) is 10.8 Å². The van der Waals surface area contributed by atoms with Gasteiger partial charge in [-0.05, 0) is 16.3 Å². The summed E-state index contributed by atoms with van der Waals surface area (Å²) in [5.74, 6) is -0.209. The molecule has 1 saturated heterocycles.